The van der Waals surface area contributed by atoms with E-state index in [4.69, 9.17) is 5.26 Å². The van der Waals surface area contributed by atoms with Gasteiger partial charge in [-0.2, -0.15) is 5.26 Å². The Kier molecular flexibility index (Phi) is 2.86. The summed E-state index contributed by atoms with van der Waals surface area (Å²) >= 11 is 0. The summed E-state index contributed by atoms with van der Waals surface area (Å²) < 4.78 is 2.05. The molecular formula is C13H16N4. The van der Waals surface area contributed by atoms with Crippen molar-refractivity contribution in [3.63, 3.8) is 0 Å². The van der Waals surface area contributed by atoms with E-state index in [1.807, 2.05) is 51.2 Å². The molecule has 0 radical (unpaired) electrons. The highest BCUT2D eigenvalue weighted by atomic mass is 15.1. The minimum absolute atomic E-state index is 0.221. The first-order chi connectivity index (χ1) is 8.04. The van der Waals surface area contributed by atoms with E-state index in [1.165, 1.54) is 0 Å². The molecule has 2 aromatic rings. The molecule has 0 bridgehead atoms. The van der Waals surface area contributed by atoms with Gasteiger partial charge in [0, 0.05) is 7.05 Å². The number of rotatable bonds is 2. The maximum atomic E-state index is 9.16. The van der Waals surface area contributed by atoms with Crippen LogP contribution in [0.25, 0.3) is 11.0 Å². The molecule has 17 heavy (non-hydrogen) atoms. The number of aryl methyl sites for hydroxylation is 2. The lowest BCUT2D eigenvalue weighted by molar-refractivity contribution is 0.358. The van der Waals surface area contributed by atoms with Crippen molar-refractivity contribution in [1.29, 1.82) is 5.26 Å². The normalized spacial score (nSPS) is 12.9. The first kappa shape index (κ1) is 11.6. The van der Waals surface area contributed by atoms with Gasteiger partial charge in [-0.05, 0) is 38.7 Å². The van der Waals surface area contributed by atoms with Crippen molar-refractivity contribution in [3.8, 4) is 6.07 Å². The molecule has 1 aromatic heterocycles. The van der Waals surface area contributed by atoms with E-state index in [-0.39, 0.29) is 6.04 Å². The molecule has 0 saturated heterocycles. The lowest BCUT2D eigenvalue weighted by Crippen LogP contribution is -2.18. The van der Waals surface area contributed by atoms with Gasteiger partial charge in [0.25, 0.3) is 0 Å². The highest BCUT2D eigenvalue weighted by Crippen LogP contribution is 2.22. The van der Waals surface area contributed by atoms with Gasteiger partial charge < -0.3 is 4.57 Å². The van der Waals surface area contributed by atoms with E-state index in [1.54, 1.807) is 0 Å². The van der Waals surface area contributed by atoms with Gasteiger partial charge in [-0.3, -0.25) is 4.90 Å². The largest absolute Gasteiger partial charge is 0.331 e. The van der Waals surface area contributed by atoms with Crippen LogP contribution in [0.15, 0.2) is 18.2 Å². The number of imidazole rings is 1. The van der Waals surface area contributed by atoms with Crippen LogP contribution in [0.3, 0.4) is 0 Å². The maximum absolute atomic E-state index is 9.16. The van der Waals surface area contributed by atoms with Gasteiger partial charge in [0.2, 0.25) is 0 Å². The molecule has 88 valence electrons. The van der Waals surface area contributed by atoms with Gasteiger partial charge in [-0.1, -0.05) is 6.07 Å². The van der Waals surface area contributed by atoms with Gasteiger partial charge in [0.15, 0.2) is 0 Å². The molecule has 0 spiro atoms. The number of hydrogen-bond donors (Lipinski definition) is 0. The zero-order valence-corrected chi connectivity index (χ0v) is 10.6. The van der Waals surface area contributed by atoms with E-state index >= 15 is 0 Å². The fraction of sp³-hybridized carbons (Fsp3) is 0.385. The molecule has 4 nitrogen and oxygen atoms in total. The van der Waals surface area contributed by atoms with Crippen LogP contribution in [0.5, 0.6) is 0 Å². The fourth-order valence-corrected chi connectivity index (χ4v) is 2.00. The molecule has 1 heterocycles. The second kappa shape index (κ2) is 4.19. The molecular weight excluding hydrogens is 212 g/mol. The molecule has 0 aliphatic rings. The summed E-state index contributed by atoms with van der Waals surface area (Å²) in [7, 11) is 5.81. The molecule has 2 rings (SSSR count). The first-order valence-corrected chi connectivity index (χ1v) is 5.53. The Morgan fingerprint density at radius 3 is 2.71 bits per heavy atom. The number of nitriles is 1. The van der Waals surface area contributed by atoms with Crippen LogP contribution in [0.2, 0.25) is 0 Å². The zero-order chi connectivity index (χ0) is 12.6. The molecule has 0 fully saturated rings. The van der Waals surface area contributed by atoms with Crippen LogP contribution in [0.4, 0.5) is 0 Å². The average Bonchev–Trinajstić information content (AvgIpc) is 2.55. The lowest BCUT2D eigenvalue weighted by atomic mass is 10.1. The summed E-state index contributed by atoms with van der Waals surface area (Å²) in [4.78, 5) is 6.38. The summed E-state index contributed by atoms with van der Waals surface area (Å²) in [5, 5.41) is 9.16. The summed E-state index contributed by atoms with van der Waals surface area (Å²) in [6.45, 7) is 1.98. The summed E-state index contributed by atoms with van der Waals surface area (Å²) in [5.41, 5.74) is 3.04. The molecule has 0 saturated carbocycles. The second-order valence-electron chi connectivity index (χ2n) is 4.46. The highest BCUT2D eigenvalue weighted by molar-refractivity contribution is 5.77. The molecule has 1 aromatic carbocycles. The van der Waals surface area contributed by atoms with E-state index in [9.17, 15) is 0 Å². The smallest absolute Gasteiger partial charge is 0.123 e. The van der Waals surface area contributed by atoms with Crippen molar-refractivity contribution in [2.24, 2.45) is 7.05 Å². The summed E-state index contributed by atoms with van der Waals surface area (Å²) in [5.74, 6) is 0.982. The predicted octanol–water partition coefficient (Wildman–Crippen LogP) is 2.01. The van der Waals surface area contributed by atoms with Crippen LogP contribution in [-0.2, 0) is 7.05 Å². The Morgan fingerprint density at radius 1 is 1.41 bits per heavy atom. The van der Waals surface area contributed by atoms with Gasteiger partial charge in [-0.25, -0.2) is 4.98 Å². The van der Waals surface area contributed by atoms with Crippen molar-refractivity contribution >= 4 is 11.0 Å². The molecule has 1 unspecified atom stereocenters. The predicted molar refractivity (Wildman–Crippen MR) is 67.5 cm³/mol. The van der Waals surface area contributed by atoms with Crippen LogP contribution in [0.1, 0.15) is 17.4 Å². The van der Waals surface area contributed by atoms with Gasteiger partial charge in [0.1, 0.15) is 11.9 Å². The summed E-state index contributed by atoms with van der Waals surface area (Å²) in [6.07, 6.45) is 0. The quantitative estimate of drug-likeness (QED) is 0.789. The first-order valence-electron chi connectivity index (χ1n) is 5.53. The third-order valence-electron chi connectivity index (χ3n) is 3.08. The Bertz CT molecular complexity index is 589. The number of aromatic nitrogens is 2. The number of fused-ring (bicyclic) bond motifs is 1. The minimum atomic E-state index is -0.221. The van der Waals surface area contributed by atoms with E-state index in [0.29, 0.717) is 0 Å². The third-order valence-corrected chi connectivity index (χ3v) is 3.08. The Morgan fingerprint density at radius 2 is 2.12 bits per heavy atom. The number of benzene rings is 1. The van der Waals surface area contributed by atoms with Crippen LogP contribution < -0.4 is 0 Å². The molecule has 0 aliphatic carbocycles. The van der Waals surface area contributed by atoms with Crippen molar-refractivity contribution < 1.29 is 0 Å². The standard InChI is InChI=1S/C13H16N4/c1-9-15-11-7-10(13(8-14)16(2)3)5-6-12(11)17(9)4/h5-7,13H,1-4H3. The Hall–Kier alpha value is -1.86. The van der Waals surface area contributed by atoms with Crippen molar-refractivity contribution in [2.45, 2.75) is 13.0 Å². The Labute approximate surface area is 101 Å². The van der Waals surface area contributed by atoms with Crippen molar-refractivity contribution in [3.05, 3.63) is 29.6 Å². The third kappa shape index (κ3) is 1.90. The molecule has 4 heteroatoms. The van der Waals surface area contributed by atoms with Gasteiger partial charge >= 0.3 is 0 Å². The Balaban J connectivity index is 2.56. The molecule has 0 aliphatic heterocycles. The SMILES string of the molecule is Cc1nc2cc(C(C#N)N(C)C)ccc2n1C. The second-order valence-corrected chi connectivity index (χ2v) is 4.46. The molecule has 0 N–H and O–H groups in total. The van der Waals surface area contributed by atoms with E-state index in [0.717, 1.165) is 22.4 Å². The monoisotopic (exact) mass is 228 g/mol. The van der Waals surface area contributed by atoms with Crippen LogP contribution in [0, 0.1) is 18.3 Å². The summed E-state index contributed by atoms with van der Waals surface area (Å²) in [6, 6.07) is 8.09. The van der Waals surface area contributed by atoms with Crippen LogP contribution >= 0.6 is 0 Å². The lowest BCUT2D eigenvalue weighted by Gasteiger charge is -2.17. The van der Waals surface area contributed by atoms with Gasteiger partial charge in [-0.15, -0.1) is 0 Å². The fourth-order valence-electron chi connectivity index (χ4n) is 2.00. The number of nitrogens with zero attached hydrogens (tertiary/aromatic N) is 4. The van der Waals surface area contributed by atoms with Gasteiger partial charge in [0.05, 0.1) is 17.1 Å². The minimum Gasteiger partial charge on any atom is -0.331 e. The van der Waals surface area contributed by atoms with Crippen molar-refractivity contribution in [2.75, 3.05) is 14.1 Å². The molecule has 0 amide bonds. The zero-order valence-electron chi connectivity index (χ0n) is 10.6. The topological polar surface area (TPSA) is 44.9 Å². The van der Waals surface area contributed by atoms with E-state index in [2.05, 4.69) is 15.6 Å². The molecule has 1 atom stereocenters. The maximum Gasteiger partial charge on any atom is 0.123 e. The highest BCUT2D eigenvalue weighted by Gasteiger charge is 2.14. The average molecular weight is 228 g/mol. The van der Waals surface area contributed by atoms with E-state index < -0.39 is 0 Å². The van der Waals surface area contributed by atoms with Crippen molar-refractivity contribution in [1.82, 2.24) is 14.5 Å². The number of hydrogen-bond acceptors (Lipinski definition) is 3. The van der Waals surface area contributed by atoms with Crippen LogP contribution in [-0.4, -0.2) is 28.5 Å².